The molecular formula is C32H37Cl2N3O4S. The van der Waals surface area contributed by atoms with Crippen molar-refractivity contribution in [2.24, 2.45) is 0 Å². The van der Waals surface area contributed by atoms with Crippen molar-refractivity contribution in [1.82, 2.24) is 10.2 Å². The van der Waals surface area contributed by atoms with Gasteiger partial charge in [0.2, 0.25) is 11.8 Å². The van der Waals surface area contributed by atoms with E-state index in [1.54, 1.807) is 50.2 Å². The van der Waals surface area contributed by atoms with Gasteiger partial charge in [-0.15, -0.1) is 0 Å². The lowest BCUT2D eigenvalue weighted by atomic mass is 10.1. The normalized spacial score (nSPS) is 14.4. The predicted molar refractivity (Wildman–Crippen MR) is 168 cm³/mol. The van der Waals surface area contributed by atoms with Gasteiger partial charge in [0.15, 0.2) is 0 Å². The number of amides is 2. The van der Waals surface area contributed by atoms with E-state index in [0.717, 1.165) is 41.1 Å². The van der Waals surface area contributed by atoms with E-state index >= 15 is 0 Å². The smallest absolute Gasteiger partial charge is 0.264 e. The van der Waals surface area contributed by atoms with Crippen molar-refractivity contribution in [3.63, 3.8) is 0 Å². The minimum atomic E-state index is -4.16. The molecule has 2 amide bonds. The molecule has 0 aromatic heterocycles. The van der Waals surface area contributed by atoms with Crippen LogP contribution in [0.3, 0.4) is 0 Å². The molecule has 1 aliphatic rings. The fourth-order valence-corrected chi connectivity index (χ4v) is 7.15. The van der Waals surface area contributed by atoms with Gasteiger partial charge in [-0.05, 0) is 82.0 Å². The van der Waals surface area contributed by atoms with Crippen molar-refractivity contribution in [3.05, 3.63) is 93.0 Å². The maximum atomic E-state index is 14.2. The third-order valence-electron chi connectivity index (χ3n) is 7.78. The van der Waals surface area contributed by atoms with E-state index in [2.05, 4.69) is 5.32 Å². The first kappa shape index (κ1) is 31.9. The average Bonchev–Trinajstić information content (AvgIpc) is 3.46. The standard InChI is InChI=1S/C32H37Cl2N3O4S/c1-21-13-16-26(17-14-21)42(40,41)37(30-18-22(2)12-15-23(30)3)20-31(38)36(19-27-28(33)10-7-11-29(27)34)24(4)32(39)35-25-8-5-6-9-25/h7,10-18,24-25H,5-6,8-9,19-20H2,1-4H3,(H,35,39)/t24-/m0/s1. The lowest BCUT2D eigenvalue weighted by Crippen LogP contribution is -2.52. The molecule has 1 atom stereocenters. The minimum Gasteiger partial charge on any atom is -0.352 e. The van der Waals surface area contributed by atoms with Crippen molar-refractivity contribution in [1.29, 1.82) is 0 Å². The number of rotatable bonds is 10. The number of carbonyl (C=O) groups excluding carboxylic acids is 2. The molecule has 0 spiro atoms. The number of hydrogen-bond donors (Lipinski definition) is 1. The molecule has 0 saturated heterocycles. The Morgan fingerprint density at radius 3 is 2.14 bits per heavy atom. The molecule has 1 N–H and O–H groups in total. The first-order valence-corrected chi connectivity index (χ1v) is 16.3. The zero-order valence-electron chi connectivity index (χ0n) is 24.4. The van der Waals surface area contributed by atoms with Gasteiger partial charge in [0, 0.05) is 28.2 Å². The molecule has 0 bridgehead atoms. The molecule has 10 heteroatoms. The summed E-state index contributed by atoms with van der Waals surface area (Å²) in [6.45, 7) is 6.59. The lowest BCUT2D eigenvalue weighted by molar-refractivity contribution is -0.139. The monoisotopic (exact) mass is 629 g/mol. The number of nitrogens with one attached hydrogen (secondary N) is 1. The summed E-state index contributed by atoms with van der Waals surface area (Å²) in [4.78, 5) is 29.1. The molecule has 7 nitrogen and oxygen atoms in total. The SMILES string of the molecule is Cc1ccc(S(=O)(=O)N(CC(=O)N(Cc2c(Cl)cccc2Cl)[C@@H](C)C(=O)NC2CCCC2)c2cc(C)ccc2C)cc1. The molecule has 0 heterocycles. The van der Waals surface area contributed by atoms with Gasteiger partial charge in [0.25, 0.3) is 10.0 Å². The van der Waals surface area contributed by atoms with Crippen LogP contribution in [0.2, 0.25) is 10.0 Å². The molecular weight excluding hydrogens is 593 g/mol. The summed E-state index contributed by atoms with van der Waals surface area (Å²) in [5, 5.41) is 3.76. The molecule has 42 heavy (non-hydrogen) atoms. The van der Waals surface area contributed by atoms with E-state index in [9.17, 15) is 18.0 Å². The van der Waals surface area contributed by atoms with E-state index in [-0.39, 0.29) is 23.4 Å². The Morgan fingerprint density at radius 1 is 0.929 bits per heavy atom. The van der Waals surface area contributed by atoms with E-state index in [1.165, 1.54) is 17.0 Å². The summed E-state index contributed by atoms with van der Waals surface area (Å²) in [5.74, 6) is -0.866. The molecule has 3 aromatic rings. The van der Waals surface area contributed by atoms with Crippen molar-refractivity contribution in [3.8, 4) is 0 Å². The average molecular weight is 631 g/mol. The Balaban J connectivity index is 1.75. The molecule has 4 rings (SSSR count). The van der Waals surface area contributed by atoms with Crippen LogP contribution < -0.4 is 9.62 Å². The molecule has 1 saturated carbocycles. The molecule has 0 unspecified atom stereocenters. The van der Waals surface area contributed by atoms with E-state index < -0.39 is 28.5 Å². The van der Waals surface area contributed by atoms with Gasteiger partial charge in [-0.25, -0.2) is 8.42 Å². The number of anilines is 1. The van der Waals surface area contributed by atoms with Crippen LogP contribution in [0.4, 0.5) is 5.69 Å². The van der Waals surface area contributed by atoms with Gasteiger partial charge in [0.1, 0.15) is 12.6 Å². The lowest BCUT2D eigenvalue weighted by Gasteiger charge is -2.33. The molecule has 0 aliphatic heterocycles. The second-order valence-electron chi connectivity index (χ2n) is 11.0. The summed E-state index contributed by atoms with van der Waals surface area (Å²) in [6, 6.07) is 16.1. The molecule has 1 aliphatic carbocycles. The number of halogens is 2. The summed E-state index contributed by atoms with van der Waals surface area (Å²) in [6.07, 6.45) is 3.85. The van der Waals surface area contributed by atoms with Crippen molar-refractivity contribution in [2.75, 3.05) is 10.8 Å². The van der Waals surface area contributed by atoms with Crippen LogP contribution in [-0.2, 0) is 26.2 Å². The first-order chi connectivity index (χ1) is 19.9. The van der Waals surface area contributed by atoms with E-state index in [1.807, 2.05) is 26.0 Å². The van der Waals surface area contributed by atoms with Crippen LogP contribution in [-0.4, -0.2) is 43.8 Å². The largest absolute Gasteiger partial charge is 0.352 e. The molecule has 224 valence electrons. The highest BCUT2D eigenvalue weighted by atomic mass is 35.5. The Bertz CT molecular complexity index is 1530. The third kappa shape index (κ3) is 7.28. The van der Waals surface area contributed by atoms with Crippen LogP contribution in [0.25, 0.3) is 0 Å². The van der Waals surface area contributed by atoms with Crippen molar-refractivity contribution >= 4 is 50.7 Å². The van der Waals surface area contributed by atoms with E-state index in [0.29, 0.717) is 26.9 Å². The second kappa shape index (κ2) is 13.5. The maximum absolute atomic E-state index is 14.2. The van der Waals surface area contributed by atoms with Gasteiger partial charge in [0.05, 0.1) is 10.6 Å². The third-order valence-corrected chi connectivity index (χ3v) is 10.3. The second-order valence-corrected chi connectivity index (χ2v) is 13.7. The molecule has 0 radical (unpaired) electrons. The van der Waals surface area contributed by atoms with Crippen LogP contribution in [0.5, 0.6) is 0 Å². The highest BCUT2D eigenvalue weighted by molar-refractivity contribution is 7.92. The predicted octanol–water partition coefficient (Wildman–Crippen LogP) is 6.59. The quantitative estimate of drug-likeness (QED) is 0.274. The van der Waals surface area contributed by atoms with Crippen molar-refractivity contribution in [2.45, 2.75) is 76.9 Å². The van der Waals surface area contributed by atoms with Crippen LogP contribution in [0.15, 0.2) is 65.6 Å². The van der Waals surface area contributed by atoms with Gasteiger partial charge in [-0.3, -0.25) is 13.9 Å². The van der Waals surface area contributed by atoms with Crippen LogP contribution in [0, 0.1) is 20.8 Å². The highest BCUT2D eigenvalue weighted by Crippen LogP contribution is 2.30. The first-order valence-electron chi connectivity index (χ1n) is 14.1. The number of hydrogen-bond acceptors (Lipinski definition) is 4. The number of sulfonamides is 1. The van der Waals surface area contributed by atoms with Gasteiger partial charge in [-0.1, -0.05) is 71.9 Å². The molecule has 1 fully saturated rings. The summed E-state index contributed by atoms with van der Waals surface area (Å²) < 4.78 is 29.3. The van der Waals surface area contributed by atoms with Gasteiger partial charge < -0.3 is 10.2 Å². The zero-order chi connectivity index (χ0) is 30.6. The number of benzene rings is 3. The fraction of sp³-hybridized carbons (Fsp3) is 0.375. The van der Waals surface area contributed by atoms with Gasteiger partial charge >= 0.3 is 0 Å². The zero-order valence-corrected chi connectivity index (χ0v) is 26.7. The Labute approximate surface area is 258 Å². The Morgan fingerprint density at radius 2 is 1.52 bits per heavy atom. The minimum absolute atomic E-state index is 0.0501. The number of nitrogens with zero attached hydrogens (tertiary/aromatic N) is 2. The molecule has 3 aromatic carbocycles. The number of aryl methyl sites for hydroxylation is 3. The summed E-state index contributed by atoms with van der Waals surface area (Å²) in [5.41, 5.74) is 3.32. The van der Waals surface area contributed by atoms with Crippen LogP contribution >= 0.6 is 23.2 Å². The Kier molecular flexibility index (Phi) is 10.2. The highest BCUT2D eigenvalue weighted by Gasteiger charge is 2.34. The van der Waals surface area contributed by atoms with Crippen LogP contribution in [0.1, 0.15) is 54.9 Å². The maximum Gasteiger partial charge on any atom is 0.264 e. The number of carbonyl (C=O) groups is 2. The van der Waals surface area contributed by atoms with Crippen molar-refractivity contribution < 1.29 is 18.0 Å². The summed E-state index contributed by atoms with van der Waals surface area (Å²) >= 11 is 13.0. The summed E-state index contributed by atoms with van der Waals surface area (Å²) in [7, 11) is -4.16. The van der Waals surface area contributed by atoms with Gasteiger partial charge in [-0.2, -0.15) is 0 Å². The topological polar surface area (TPSA) is 86.8 Å². The van der Waals surface area contributed by atoms with E-state index in [4.69, 9.17) is 23.2 Å². The fourth-order valence-electron chi connectivity index (χ4n) is 5.17. The Hall–Kier alpha value is -3.07.